The Bertz CT molecular complexity index is 468. The number of nitrogens with zero attached hydrogens (tertiary/aromatic N) is 1. The Balaban J connectivity index is 2.03. The lowest BCUT2D eigenvalue weighted by molar-refractivity contribution is -0.140. The van der Waals surface area contributed by atoms with Crippen molar-refractivity contribution in [1.29, 1.82) is 0 Å². The fraction of sp³-hybridized carbons (Fsp3) is 0.588. The number of rotatable bonds is 2. The maximum Gasteiger partial charge on any atom is 0.227 e. The number of amides is 1. The summed E-state index contributed by atoms with van der Waals surface area (Å²) in [4.78, 5) is 14.3. The van der Waals surface area contributed by atoms with Gasteiger partial charge in [0.15, 0.2) is 0 Å². The van der Waals surface area contributed by atoms with Crippen LogP contribution in [-0.4, -0.2) is 31.0 Å². The van der Waals surface area contributed by atoms with Crippen molar-refractivity contribution in [3.05, 3.63) is 29.8 Å². The molecule has 1 amide bonds. The highest BCUT2D eigenvalue weighted by molar-refractivity contribution is 5.81. The highest BCUT2D eigenvalue weighted by Gasteiger charge is 2.31. The standard InChI is InChI=1S/C17H25NO2/c1-17(2,3)16(19)18-11-9-13(10-12-18)14-7-5-6-8-15(14)20-4/h5-8,13H,9-12H2,1-4H3. The fourth-order valence-electron chi connectivity index (χ4n) is 2.87. The molecular weight excluding hydrogens is 250 g/mol. The van der Waals surface area contributed by atoms with Gasteiger partial charge >= 0.3 is 0 Å². The summed E-state index contributed by atoms with van der Waals surface area (Å²) in [5.74, 6) is 1.72. The number of para-hydroxylation sites is 1. The summed E-state index contributed by atoms with van der Waals surface area (Å²) in [6.07, 6.45) is 2.03. The van der Waals surface area contributed by atoms with Crippen molar-refractivity contribution in [2.24, 2.45) is 5.41 Å². The Labute approximate surface area is 121 Å². The molecule has 0 aliphatic carbocycles. The van der Waals surface area contributed by atoms with Crippen LogP contribution in [-0.2, 0) is 4.79 Å². The van der Waals surface area contributed by atoms with Gasteiger partial charge in [0, 0.05) is 18.5 Å². The number of carbonyl (C=O) groups excluding carboxylic acids is 1. The van der Waals surface area contributed by atoms with E-state index in [1.165, 1.54) is 5.56 Å². The zero-order valence-electron chi connectivity index (χ0n) is 13.0. The molecule has 1 aromatic rings. The minimum Gasteiger partial charge on any atom is -0.496 e. The van der Waals surface area contributed by atoms with Crippen molar-refractivity contribution in [1.82, 2.24) is 4.90 Å². The van der Waals surface area contributed by atoms with Crippen LogP contribution in [0.15, 0.2) is 24.3 Å². The molecular formula is C17H25NO2. The lowest BCUT2D eigenvalue weighted by Gasteiger charge is -2.36. The molecule has 0 spiro atoms. The molecule has 1 saturated heterocycles. The Morgan fingerprint density at radius 3 is 2.35 bits per heavy atom. The van der Waals surface area contributed by atoms with Crippen LogP contribution in [0, 0.1) is 5.41 Å². The molecule has 3 heteroatoms. The van der Waals surface area contributed by atoms with Gasteiger partial charge in [0.25, 0.3) is 0 Å². The average Bonchev–Trinajstić information content (AvgIpc) is 2.45. The molecule has 1 fully saturated rings. The van der Waals surface area contributed by atoms with Crippen LogP contribution >= 0.6 is 0 Å². The maximum atomic E-state index is 12.3. The fourth-order valence-corrected chi connectivity index (χ4v) is 2.87. The van der Waals surface area contributed by atoms with Crippen molar-refractivity contribution in [2.75, 3.05) is 20.2 Å². The predicted molar refractivity (Wildman–Crippen MR) is 81.0 cm³/mol. The van der Waals surface area contributed by atoms with E-state index in [1.807, 2.05) is 37.8 Å². The molecule has 0 unspecified atom stereocenters. The first kappa shape index (κ1) is 14.9. The maximum absolute atomic E-state index is 12.3. The van der Waals surface area contributed by atoms with E-state index in [2.05, 4.69) is 12.1 Å². The van der Waals surface area contributed by atoms with E-state index in [9.17, 15) is 4.79 Å². The van der Waals surface area contributed by atoms with Crippen LogP contribution in [0.5, 0.6) is 5.75 Å². The summed E-state index contributed by atoms with van der Waals surface area (Å²) >= 11 is 0. The molecule has 0 N–H and O–H groups in total. The van der Waals surface area contributed by atoms with E-state index in [0.717, 1.165) is 31.7 Å². The second-order valence-corrected chi connectivity index (χ2v) is 6.56. The molecule has 0 atom stereocenters. The molecule has 2 rings (SSSR count). The Morgan fingerprint density at radius 2 is 1.80 bits per heavy atom. The second kappa shape index (κ2) is 5.86. The van der Waals surface area contributed by atoms with Gasteiger partial charge in [-0.15, -0.1) is 0 Å². The topological polar surface area (TPSA) is 29.5 Å². The molecule has 0 bridgehead atoms. The van der Waals surface area contributed by atoms with E-state index >= 15 is 0 Å². The van der Waals surface area contributed by atoms with Crippen molar-refractivity contribution in [3.63, 3.8) is 0 Å². The predicted octanol–water partition coefficient (Wildman–Crippen LogP) is 3.45. The minimum atomic E-state index is -0.280. The molecule has 20 heavy (non-hydrogen) atoms. The lowest BCUT2D eigenvalue weighted by atomic mass is 9.87. The summed E-state index contributed by atoms with van der Waals surface area (Å²) in [7, 11) is 1.72. The molecule has 0 radical (unpaired) electrons. The van der Waals surface area contributed by atoms with Crippen molar-refractivity contribution < 1.29 is 9.53 Å². The van der Waals surface area contributed by atoms with E-state index in [1.54, 1.807) is 7.11 Å². The van der Waals surface area contributed by atoms with Gasteiger partial charge in [0.2, 0.25) is 5.91 Å². The normalized spacial score (nSPS) is 17.1. The van der Waals surface area contributed by atoms with E-state index in [0.29, 0.717) is 5.92 Å². The van der Waals surface area contributed by atoms with Gasteiger partial charge in [0.1, 0.15) is 5.75 Å². The number of hydrogen-bond acceptors (Lipinski definition) is 2. The summed E-state index contributed by atoms with van der Waals surface area (Å²) < 4.78 is 5.45. The van der Waals surface area contributed by atoms with Crippen molar-refractivity contribution in [3.8, 4) is 5.75 Å². The molecule has 1 aliphatic heterocycles. The van der Waals surface area contributed by atoms with Gasteiger partial charge < -0.3 is 9.64 Å². The van der Waals surface area contributed by atoms with Crippen LogP contribution in [0.2, 0.25) is 0 Å². The first-order chi connectivity index (χ1) is 9.43. The number of benzene rings is 1. The van der Waals surface area contributed by atoms with Gasteiger partial charge in [-0.2, -0.15) is 0 Å². The number of carbonyl (C=O) groups is 1. The minimum absolute atomic E-state index is 0.260. The van der Waals surface area contributed by atoms with Crippen LogP contribution in [0.3, 0.4) is 0 Å². The van der Waals surface area contributed by atoms with Gasteiger partial charge in [0.05, 0.1) is 7.11 Å². The van der Waals surface area contributed by atoms with E-state index in [-0.39, 0.29) is 11.3 Å². The highest BCUT2D eigenvalue weighted by Crippen LogP contribution is 2.34. The van der Waals surface area contributed by atoms with Gasteiger partial charge in [-0.05, 0) is 30.4 Å². The van der Waals surface area contributed by atoms with Gasteiger partial charge in [-0.3, -0.25) is 4.79 Å². The molecule has 1 aliphatic rings. The zero-order valence-corrected chi connectivity index (χ0v) is 13.0. The average molecular weight is 275 g/mol. The molecule has 1 heterocycles. The molecule has 1 aromatic carbocycles. The monoisotopic (exact) mass is 275 g/mol. The van der Waals surface area contributed by atoms with Crippen LogP contribution < -0.4 is 4.74 Å². The Kier molecular flexibility index (Phi) is 4.36. The van der Waals surface area contributed by atoms with Crippen LogP contribution in [0.1, 0.15) is 45.1 Å². The summed E-state index contributed by atoms with van der Waals surface area (Å²) in [6, 6.07) is 8.22. The first-order valence-corrected chi connectivity index (χ1v) is 7.36. The smallest absolute Gasteiger partial charge is 0.227 e. The number of hydrogen-bond donors (Lipinski definition) is 0. The third-order valence-corrected chi connectivity index (χ3v) is 4.00. The quantitative estimate of drug-likeness (QED) is 0.827. The summed E-state index contributed by atoms with van der Waals surface area (Å²) in [5.41, 5.74) is 0.995. The largest absolute Gasteiger partial charge is 0.496 e. The highest BCUT2D eigenvalue weighted by atomic mass is 16.5. The van der Waals surface area contributed by atoms with Crippen LogP contribution in [0.25, 0.3) is 0 Å². The number of ether oxygens (including phenoxy) is 1. The number of methoxy groups -OCH3 is 1. The SMILES string of the molecule is COc1ccccc1C1CCN(C(=O)C(C)(C)C)CC1. The molecule has 3 nitrogen and oxygen atoms in total. The van der Waals surface area contributed by atoms with Crippen molar-refractivity contribution in [2.45, 2.75) is 39.5 Å². The third-order valence-electron chi connectivity index (χ3n) is 4.00. The summed E-state index contributed by atoms with van der Waals surface area (Å²) in [5, 5.41) is 0. The first-order valence-electron chi connectivity index (χ1n) is 7.36. The van der Waals surface area contributed by atoms with E-state index in [4.69, 9.17) is 4.74 Å². The number of likely N-dealkylation sites (tertiary alicyclic amines) is 1. The van der Waals surface area contributed by atoms with Gasteiger partial charge in [-0.25, -0.2) is 0 Å². The second-order valence-electron chi connectivity index (χ2n) is 6.56. The van der Waals surface area contributed by atoms with Crippen LogP contribution in [0.4, 0.5) is 0 Å². The molecule has 0 saturated carbocycles. The molecule has 110 valence electrons. The zero-order chi connectivity index (χ0) is 14.8. The Hall–Kier alpha value is -1.51. The van der Waals surface area contributed by atoms with Crippen molar-refractivity contribution >= 4 is 5.91 Å². The summed E-state index contributed by atoms with van der Waals surface area (Å²) in [6.45, 7) is 7.66. The lowest BCUT2D eigenvalue weighted by Crippen LogP contribution is -2.43. The van der Waals surface area contributed by atoms with E-state index < -0.39 is 0 Å². The third kappa shape index (κ3) is 3.14. The molecule has 0 aromatic heterocycles. The number of piperidine rings is 1. The van der Waals surface area contributed by atoms with Gasteiger partial charge in [-0.1, -0.05) is 39.0 Å². The Morgan fingerprint density at radius 1 is 1.20 bits per heavy atom.